The van der Waals surface area contributed by atoms with Crippen LogP contribution in [0.3, 0.4) is 0 Å². The molecule has 1 heterocycles. The molecular formula is C17H18N2O. The van der Waals surface area contributed by atoms with Crippen LogP contribution < -0.4 is 5.32 Å². The fourth-order valence-corrected chi connectivity index (χ4v) is 2.72. The van der Waals surface area contributed by atoms with Crippen LogP contribution in [0.5, 0.6) is 0 Å². The maximum Gasteiger partial charge on any atom is 0.227 e. The van der Waals surface area contributed by atoms with Crippen LogP contribution >= 0.6 is 0 Å². The van der Waals surface area contributed by atoms with Gasteiger partial charge in [-0.15, -0.1) is 0 Å². The molecule has 0 bridgehead atoms. The summed E-state index contributed by atoms with van der Waals surface area (Å²) in [5, 5.41) is 3.03. The van der Waals surface area contributed by atoms with Gasteiger partial charge in [-0.2, -0.15) is 0 Å². The lowest BCUT2D eigenvalue weighted by Crippen LogP contribution is -2.20. The molecule has 1 fully saturated rings. The van der Waals surface area contributed by atoms with Crippen LogP contribution in [0.2, 0.25) is 0 Å². The van der Waals surface area contributed by atoms with Crippen LogP contribution in [0.1, 0.15) is 25.7 Å². The topological polar surface area (TPSA) is 42.0 Å². The van der Waals surface area contributed by atoms with Crippen LogP contribution in [-0.4, -0.2) is 10.9 Å². The molecule has 0 aliphatic heterocycles. The molecule has 3 heteroatoms. The van der Waals surface area contributed by atoms with Gasteiger partial charge in [0.1, 0.15) is 0 Å². The Morgan fingerprint density at radius 1 is 1.10 bits per heavy atom. The summed E-state index contributed by atoms with van der Waals surface area (Å²) in [5.41, 5.74) is 2.80. The molecule has 3 rings (SSSR count). The van der Waals surface area contributed by atoms with E-state index in [-0.39, 0.29) is 11.8 Å². The van der Waals surface area contributed by atoms with Crippen molar-refractivity contribution in [2.75, 3.05) is 5.32 Å². The average Bonchev–Trinajstić information content (AvgIpc) is 3.03. The van der Waals surface area contributed by atoms with Gasteiger partial charge in [-0.1, -0.05) is 31.0 Å². The maximum absolute atomic E-state index is 12.1. The first-order valence-electron chi connectivity index (χ1n) is 7.15. The second-order valence-electron chi connectivity index (χ2n) is 5.27. The first-order chi connectivity index (χ1) is 9.83. The smallest absolute Gasteiger partial charge is 0.227 e. The minimum absolute atomic E-state index is 0.153. The largest absolute Gasteiger partial charge is 0.326 e. The highest BCUT2D eigenvalue weighted by molar-refractivity contribution is 5.93. The van der Waals surface area contributed by atoms with Gasteiger partial charge in [0.05, 0.1) is 5.69 Å². The standard InChI is InChI=1S/C17H18N2O/c20-17(13-6-1-2-7-13)19-15-9-5-8-14(12-15)16-10-3-4-11-18-16/h3-5,8-13H,1-2,6-7H2,(H,19,20). The zero-order valence-corrected chi connectivity index (χ0v) is 11.4. The Bertz CT molecular complexity index is 589. The summed E-state index contributed by atoms with van der Waals surface area (Å²) in [7, 11) is 0. The highest BCUT2D eigenvalue weighted by Crippen LogP contribution is 2.27. The molecule has 1 aromatic heterocycles. The van der Waals surface area contributed by atoms with E-state index >= 15 is 0 Å². The molecule has 102 valence electrons. The van der Waals surface area contributed by atoms with Crippen molar-refractivity contribution in [3.63, 3.8) is 0 Å². The molecule has 1 N–H and O–H groups in total. The number of aromatic nitrogens is 1. The number of hydrogen-bond acceptors (Lipinski definition) is 2. The summed E-state index contributed by atoms with van der Waals surface area (Å²) in [4.78, 5) is 16.5. The van der Waals surface area contributed by atoms with E-state index in [0.717, 1.165) is 29.8 Å². The molecule has 0 radical (unpaired) electrons. The normalized spacial score (nSPS) is 15.2. The van der Waals surface area contributed by atoms with E-state index in [4.69, 9.17) is 0 Å². The molecule has 1 aromatic carbocycles. The molecular weight excluding hydrogens is 248 g/mol. The van der Waals surface area contributed by atoms with E-state index in [9.17, 15) is 4.79 Å². The van der Waals surface area contributed by atoms with Gasteiger partial charge in [0.15, 0.2) is 0 Å². The quantitative estimate of drug-likeness (QED) is 0.916. The van der Waals surface area contributed by atoms with Gasteiger partial charge >= 0.3 is 0 Å². The molecule has 0 saturated heterocycles. The lowest BCUT2D eigenvalue weighted by molar-refractivity contribution is -0.119. The monoisotopic (exact) mass is 266 g/mol. The number of amides is 1. The Balaban J connectivity index is 1.76. The van der Waals surface area contributed by atoms with Crippen molar-refractivity contribution in [2.24, 2.45) is 5.92 Å². The van der Waals surface area contributed by atoms with E-state index < -0.39 is 0 Å². The molecule has 1 amide bonds. The third kappa shape index (κ3) is 2.87. The molecule has 0 atom stereocenters. The van der Waals surface area contributed by atoms with Crippen LogP contribution in [0, 0.1) is 5.92 Å². The number of nitrogens with zero attached hydrogens (tertiary/aromatic N) is 1. The second-order valence-corrected chi connectivity index (χ2v) is 5.27. The average molecular weight is 266 g/mol. The molecule has 1 aliphatic carbocycles. The fraction of sp³-hybridized carbons (Fsp3) is 0.294. The Morgan fingerprint density at radius 3 is 2.70 bits per heavy atom. The van der Waals surface area contributed by atoms with Crippen molar-refractivity contribution in [2.45, 2.75) is 25.7 Å². The van der Waals surface area contributed by atoms with Crippen molar-refractivity contribution in [3.8, 4) is 11.3 Å². The van der Waals surface area contributed by atoms with Crippen LogP contribution in [-0.2, 0) is 4.79 Å². The molecule has 0 unspecified atom stereocenters. The second kappa shape index (κ2) is 5.87. The summed E-state index contributed by atoms with van der Waals surface area (Å²) in [6, 6.07) is 13.7. The van der Waals surface area contributed by atoms with E-state index in [2.05, 4.69) is 10.3 Å². The highest BCUT2D eigenvalue weighted by atomic mass is 16.1. The number of hydrogen-bond donors (Lipinski definition) is 1. The zero-order valence-electron chi connectivity index (χ0n) is 11.4. The van der Waals surface area contributed by atoms with Crippen molar-refractivity contribution in [1.29, 1.82) is 0 Å². The molecule has 3 nitrogen and oxygen atoms in total. The number of carbonyl (C=O) groups is 1. The highest BCUT2D eigenvalue weighted by Gasteiger charge is 2.22. The molecule has 1 saturated carbocycles. The predicted molar refractivity (Wildman–Crippen MR) is 80.3 cm³/mol. The van der Waals surface area contributed by atoms with Gasteiger partial charge in [0, 0.05) is 23.4 Å². The van der Waals surface area contributed by atoms with E-state index in [1.807, 2.05) is 42.5 Å². The van der Waals surface area contributed by atoms with Gasteiger partial charge in [0.2, 0.25) is 5.91 Å². The summed E-state index contributed by atoms with van der Waals surface area (Å²) in [6.07, 6.45) is 6.16. The van der Waals surface area contributed by atoms with Crippen LogP contribution in [0.25, 0.3) is 11.3 Å². The van der Waals surface area contributed by atoms with E-state index in [1.54, 1.807) is 6.20 Å². The van der Waals surface area contributed by atoms with Crippen molar-refractivity contribution < 1.29 is 4.79 Å². The number of pyridine rings is 1. The summed E-state index contributed by atoms with van der Waals surface area (Å²) in [6.45, 7) is 0. The molecule has 2 aromatic rings. The minimum atomic E-state index is 0.153. The van der Waals surface area contributed by atoms with Crippen LogP contribution in [0.4, 0.5) is 5.69 Å². The van der Waals surface area contributed by atoms with Gasteiger partial charge < -0.3 is 5.32 Å². The number of rotatable bonds is 3. The molecule has 20 heavy (non-hydrogen) atoms. The number of anilines is 1. The Labute approximate surface area is 119 Å². The minimum Gasteiger partial charge on any atom is -0.326 e. The van der Waals surface area contributed by atoms with Gasteiger partial charge in [-0.25, -0.2) is 0 Å². The first-order valence-corrected chi connectivity index (χ1v) is 7.15. The third-order valence-electron chi connectivity index (χ3n) is 3.82. The Kier molecular flexibility index (Phi) is 3.77. The molecule has 1 aliphatic rings. The Hall–Kier alpha value is -2.16. The SMILES string of the molecule is O=C(Nc1cccc(-c2ccccn2)c1)C1CCCC1. The summed E-state index contributed by atoms with van der Waals surface area (Å²) in [5.74, 6) is 0.342. The number of carbonyl (C=O) groups excluding carboxylic acids is 1. The number of nitrogens with one attached hydrogen (secondary N) is 1. The molecule has 0 spiro atoms. The first kappa shape index (κ1) is 12.9. The van der Waals surface area contributed by atoms with Crippen molar-refractivity contribution in [3.05, 3.63) is 48.7 Å². The summed E-state index contributed by atoms with van der Waals surface area (Å²) < 4.78 is 0. The summed E-state index contributed by atoms with van der Waals surface area (Å²) >= 11 is 0. The Morgan fingerprint density at radius 2 is 1.95 bits per heavy atom. The van der Waals surface area contributed by atoms with Crippen molar-refractivity contribution in [1.82, 2.24) is 4.98 Å². The lowest BCUT2D eigenvalue weighted by atomic mass is 10.1. The number of benzene rings is 1. The van der Waals surface area contributed by atoms with Crippen molar-refractivity contribution >= 4 is 11.6 Å². The zero-order chi connectivity index (χ0) is 13.8. The van der Waals surface area contributed by atoms with Gasteiger partial charge in [0.25, 0.3) is 0 Å². The predicted octanol–water partition coefficient (Wildman–Crippen LogP) is 3.88. The maximum atomic E-state index is 12.1. The van der Waals surface area contributed by atoms with Gasteiger partial charge in [-0.3, -0.25) is 9.78 Å². The fourth-order valence-electron chi connectivity index (χ4n) is 2.72. The van der Waals surface area contributed by atoms with Crippen LogP contribution in [0.15, 0.2) is 48.7 Å². The van der Waals surface area contributed by atoms with Gasteiger partial charge in [-0.05, 0) is 37.1 Å². The van der Waals surface area contributed by atoms with E-state index in [1.165, 1.54) is 12.8 Å². The third-order valence-corrected chi connectivity index (χ3v) is 3.82. The van der Waals surface area contributed by atoms with E-state index in [0.29, 0.717) is 0 Å². The lowest BCUT2D eigenvalue weighted by Gasteiger charge is -2.11.